The zero-order chi connectivity index (χ0) is 14.0. The molecule has 18 heavy (non-hydrogen) atoms. The van der Waals surface area contributed by atoms with E-state index in [-0.39, 0.29) is 11.6 Å². The molecule has 0 aromatic carbocycles. The lowest BCUT2D eigenvalue weighted by Crippen LogP contribution is -2.36. The molecule has 6 heteroatoms. The summed E-state index contributed by atoms with van der Waals surface area (Å²) >= 11 is 3.27. The highest BCUT2D eigenvalue weighted by atomic mass is 79.9. The first kappa shape index (κ1) is 15.8. The van der Waals surface area contributed by atoms with Crippen LogP contribution in [-0.2, 0) is 10.0 Å². The van der Waals surface area contributed by atoms with Crippen LogP contribution in [0.2, 0.25) is 11.6 Å². The van der Waals surface area contributed by atoms with E-state index in [1.807, 2.05) is 0 Å². The van der Waals surface area contributed by atoms with Gasteiger partial charge in [-0.3, -0.25) is 0 Å². The Kier molecular flexibility index (Phi) is 5.05. The van der Waals surface area contributed by atoms with Gasteiger partial charge in [-0.25, -0.2) is 14.4 Å². The molecule has 0 saturated carbocycles. The molecule has 1 heterocycles. The molecule has 0 aliphatic rings. The first-order valence-corrected chi connectivity index (χ1v) is 8.50. The third-order valence-corrected chi connectivity index (χ3v) is 5.83. The van der Waals surface area contributed by atoms with Crippen molar-refractivity contribution in [1.29, 1.82) is 0 Å². The number of hydrogen-bond donors (Lipinski definition) is 1. The van der Waals surface area contributed by atoms with E-state index in [0.717, 1.165) is 4.47 Å². The highest BCUT2D eigenvalue weighted by Gasteiger charge is 2.41. The van der Waals surface area contributed by atoms with E-state index in [0.29, 0.717) is 5.82 Å². The van der Waals surface area contributed by atoms with Crippen LogP contribution >= 0.6 is 15.9 Å². The van der Waals surface area contributed by atoms with Gasteiger partial charge < -0.3 is 5.11 Å². The second kappa shape index (κ2) is 5.77. The van der Waals surface area contributed by atoms with Crippen LogP contribution in [0.4, 0.5) is 0 Å². The van der Waals surface area contributed by atoms with Gasteiger partial charge in [0.15, 0.2) is 5.82 Å². The van der Waals surface area contributed by atoms with E-state index < -0.39 is 14.6 Å². The van der Waals surface area contributed by atoms with E-state index in [2.05, 4.69) is 53.2 Å². The molecule has 1 unspecified atom stereocenters. The Labute approximate surface area is 119 Å². The normalized spacial score (nSPS) is 15.3. The lowest BCUT2D eigenvalue weighted by molar-refractivity contribution is -0.00244. The van der Waals surface area contributed by atoms with Crippen LogP contribution in [0.25, 0.3) is 0 Å². The monoisotopic (exact) mass is 331 g/mol. The second-order valence-corrected chi connectivity index (χ2v) is 9.41. The fourth-order valence-electron chi connectivity index (χ4n) is 1.12. The van der Waals surface area contributed by atoms with Crippen LogP contribution in [-0.4, -0.2) is 30.7 Å². The van der Waals surface area contributed by atoms with Crippen molar-refractivity contribution < 1.29 is 9.53 Å². The number of halogens is 1. The summed E-state index contributed by atoms with van der Waals surface area (Å²) in [5, 5.41) is 10.5. The summed E-state index contributed by atoms with van der Waals surface area (Å²) in [5.74, 6) is 0.384. The SMILES string of the molecule is C[Si+](OCC(C)(O)c1ncc(Br)cn1)C(C)(C)C. The lowest BCUT2D eigenvalue weighted by Gasteiger charge is -2.21. The minimum absolute atomic E-state index is 0.140. The standard InChI is InChI=1S/C12H20BrN2O2Si/c1-11(2,3)18(5)17-8-12(4,16)10-14-6-9(13)7-15-10/h6-7,16H,8H2,1-5H3/q+1. The molecular formula is C12H20BrN2O2Si+. The van der Waals surface area contributed by atoms with Crippen molar-refractivity contribution in [3.05, 3.63) is 22.7 Å². The number of aliphatic hydroxyl groups is 1. The molecule has 0 bridgehead atoms. The van der Waals surface area contributed by atoms with Crippen LogP contribution in [0.5, 0.6) is 0 Å². The molecule has 1 aromatic rings. The third kappa shape index (κ3) is 4.42. The van der Waals surface area contributed by atoms with Gasteiger partial charge in [-0.2, -0.15) is 0 Å². The Morgan fingerprint density at radius 2 is 1.78 bits per heavy atom. The molecule has 0 saturated heterocycles. The predicted molar refractivity (Wildman–Crippen MR) is 76.6 cm³/mol. The predicted octanol–water partition coefficient (Wildman–Crippen LogP) is 2.88. The van der Waals surface area contributed by atoms with Gasteiger partial charge >= 0.3 is 9.04 Å². The van der Waals surface area contributed by atoms with Gasteiger partial charge in [0.2, 0.25) is 0 Å². The molecule has 0 amide bonds. The maximum Gasteiger partial charge on any atom is 0.475 e. The van der Waals surface area contributed by atoms with Gasteiger partial charge in [-0.15, -0.1) is 0 Å². The summed E-state index contributed by atoms with van der Waals surface area (Å²) in [7, 11) is -0.978. The molecule has 4 nitrogen and oxygen atoms in total. The van der Waals surface area contributed by atoms with E-state index in [1.165, 1.54) is 0 Å². The van der Waals surface area contributed by atoms with Crippen LogP contribution < -0.4 is 0 Å². The maximum absolute atomic E-state index is 10.3. The smallest absolute Gasteiger partial charge is 0.380 e. The zero-order valence-electron chi connectivity index (χ0n) is 11.5. The summed E-state index contributed by atoms with van der Waals surface area (Å²) in [5.41, 5.74) is -1.15. The molecule has 0 aliphatic heterocycles. The average molecular weight is 332 g/mol. The van der Waals surface area contributed by atoms with Crippen LogP contribution in [0.3, 0.4) is 0 Å². The van der Waals surface area contributed by atoms with Crippen LogP contribution in [0.15, 0.2) is 16.9 Å². The number of nitrogens with zero attached hydrogens (tertiary/aromatic N) is 2. The first-order chi connectivity index (χ1) is 8.13. The molecule has 1 aromatic heterocycles. The van der Waals surface area contributed by atoms with Crippen molar-refractivity contribution in [2.24, 2.45) is 0 Å². The minimum Gasteiger partial charge on any atom is -0.380 e. The van der Waals surface area contributed by atoms with E-state index >= 15 is 0 Å². The Bertz CT molecular complexity index is 390. The summed E-state index contributed by atoms with van der Waals surface area (Å²) in [6.45, 7) is 10.4. The van der Waals surface area contributed by atoms with Crippen molar-refractivity contribution in [3.63, 3.8) is 0 Å². The summed E-state index contributed by atoms with van der Waals surface area (Å²) in [4.78, 5) is 8.23. The Morgan fingerprint density at radius 1 is 1.28 bits per heavy atom. The number of rotatable bonds is 4. The van der Waals surface area contributed by atoms with Gasteiger partial charge in [-0.05, 0) is 43.6 Å². The second-order valence-electron chi connectivity index (χ2n) is 5.59. The summed E-state index contributed by atoms with van der Waals surface area (Å²) in [6, 6.07) is 0. The van der Waals surface area contributed by atoms with Crippen molar-refractivity contribution in [2.45, 2.75) is 44.9 Å². The van der Waals surface area contributed by atoms with Gasteiger partial charge in [0.1, 0.15) is 17.2 Å². The number of aromatic nitrogens is 2. The molecule has 0 aliphatic carbocycles. The molecule has 0 spiro atoms. The first-order valence-electron chi connectivity index (χ1n) is 5.80. The summed E-state index contributed by atoms with van der Waals surface area (Å²) in [6.07, 6.45) is 3.25. The van der Waals surface area contributed by atoms with Gasteiger partial charge in [-0.1, -0.05) is 0 Å². The molecule has 1 N–H and O–H groups in total. The number of hydrogen-bond acceptors (Lipinski definition) is 4. The van der Waals surface area contributed by atoms with Gasteiger partial charge in [0.25, 0.3) is 0 Å². The highest BCUT2D eigenvalue weighted by Crippen LogP contribution is 2.28. The van der Waals surface area contributed by atoms with Crippen LogP contribution in [0, 0.1) is 0 Å². The molecule has 0 fully saturated rings. The van der Waals surface area contributed by atoms with E-state index in [1.54, 1.807) is 19.3 Å². The van der Waals surface area contributed by atoms with Crippen molar-refractivity contribution in [2.75, 3.05) is 6.61 Å². The average Bonchev–Trinajstić information content (AvgIpc) is 2.25. The van der Waals surface area contributed by atoms with Gasteiger partial charge in [0.05, 0.1) is 11.0 Å². The Morgan fingerprint density at radius 3 is 2.22 bits per heavy atom. The van der Waals surface area contributed by atoms with E-state index in [9.17, 15) is 5.11 Å². The fourth-order valence-corrected chi connectivity index (χ4v) is 2.26. The van der Waals surface area contributed by atoms with Crippen LogP contribution in [0.1, 0.15) is 33.5 Å². The van der Waals surface area contributed by atoms with Gasteiger partial charge in [0, 0.05) is 12.4 Å². The minimum atomic E-state index is -1.15. The molecule has 1 rings (SSSR count). The lowest BCUT2D eigenvalue weighted by atomic mass is 10.1. The largest absolute Gasteiger partial charge is 0.475 e. The summed E-state index contributed by atoms with van der Waals surface area (Å²) < 4.78 is 6.61. The van der Waals surface area contributed by atoms with Crippen molar-refractivity contribution in [1.82, 2.24) is 9.97 Å². The maximum atomic E-state index is 10.3. The fraction of sp³-hybridized carbons (Fsp3) is 0.667. The molecule has 100 valence electrons. The van der Waals surface area contributed by atoms with E-state index in [4.69, 9.17) is 4.43 Å². The van der Waals surface area contributed by atoms with Crippen molar-refractivity contribution in [3.8, 4) is 0 Å². The Balaban J connectivity index is 2.68. The highest BCUT2D eigenvalue weighted by molar-refractivity contribution is 9.10. The molecular weight excluding hydrogens is 312 g/mol. The van der Waals surface area contributed by atoms with Crippen molar-refractivity contribution >= 4 is 25.0 Å². The third-order valence-electron chi connectivity index (χ3n) is 2.73. The molecule has 1 atom stereocenters. The quantitative estimate of drug-likeness (QED) is 0.862. The topological polar surface area (TPSA) is 55.2 Å². The molecule has 0 radical (unpaired) electrons. The Hall–Kier alpha value is -0.303. The zero-order valence-corrected chi connectivity index (χ0v) is 14.1.